The van der Waals surface area contributed by atoms with E-state index in [9.17, 15) is 14.7 Å². The summed E-state index contributed by atoms with van der Waals surface area (Å²) < 4.78 is 1.02. The van der Waals surface area contributed by atoms with Gasteiger partial charge >= 0.3 is 5.97 Å². The SMILES string of the molecule is CCN(CC)c1nc2sc(C(=O)N3CCC(C)(C(=O)O)C3)cc2s1. The van der Waals surface area contributed by atoms with Gasteiger partial charge < -0.3 is 14.9 Å². The van der Waals surface area contributed by atoms with E-state index >= 15 is 0 Å². The minimum absolute atomic E-state index is 0.0837. The van der Waals surface area contributed by atoms with E-state index in [1.54, 1.807) is 23.2 Å². The van der Waals surface area contributed by atoms with Crippen molar-refractivity contribution in [2.45, 2.75) is 27.2 Å². The number of rotatable bonds is 5. The number of carbonyl (C=O) groups excluding carboxylic acids is 1. The average molecular weight is 367 g/mol. The van der Waals surface area contributed by atoms with Crippen molar-refractivity contribution in [2.75, 3.05) is 31.1 Å². The van der Waals surface area contributed by atoms with Crippen molar-refractivity contribution in [1.82, 2.24) is 9.88 Å². The molecule has 0 spiro atoms. The van der Waals surface area contributed by atoms with Crippen LogP contribution in [0.15, 0.2) is 6.07 Å². The van der Waals surface area contributed by atoms with Crippen LogP contribution in [0.25, 0.3) is 9.53 Å². The highest BCUT2D eigenvalue weighted by molar-refractivity contribution is 7.29. The van der Waals surface area contributed by atoms with Gasteiger partial charge in [0.05, 0.1) is 15.0 Å². The van der Waals surface area contributed by atoms with E-state index in [4.69, 9.17) is 0 Å². The molecule has 0 bridgehead atoms. The summed E-state index contributed by atoms with van der Waals surface area (Å²) in [6.45, 7) is 8.47. The van der Waals surface area contributed by atoms with Crippen molar-refractivity contribution >= 4 is 49.2 Å². The van der Waals surface area contributed by atoms with Crippen LogP contribution in [0.2, 0.25) is 0 Å². The Morgan fingerprint density at radius 3 is 2.62 bits per heavy atom. The summed E-state index contributed by atoms with van der Waals surface area (Å²) in [7, 11) is 0. The first kappa shape index (κ1) is 17.2. The van der Waals surface area contributed by atoms with Crippen LogP contribution in [0.1, 0.15) is 36.9 Å². The topological polar surface area (TPSA) is 73.7 Å². The van der Waals surface area contributed by atoms with Crippen LogP contribution in [0, 0.1) is 5.41 Å². The standard InChI is InChI=1S/C16H21N3O3S2/c1-4-18(5-2)15-17-12-10(24-15)8-11(23-12)13(20)19-7-6-16(3,9-19)14(21)22/h8H,4-7,9H2,1-3H3,(H,21,22). The second kappa shape index (κ2) is 6.33. The first-order valence-electron chi connectivity index (χ1n) is 8.06. The third-order valence-electron chi connectivity index (χ3n) is 4.60. The number of carboxylic acid groups (broad SMARTS) is 1. The first-order chi connectivity index (χ1) is 11.4. The molecule has 3 heterocycles. The fraction of sp³-hybridized carbons (Fsp3) is 0.562. The minimum Gasteiger partial charge on any atom is -0.481 e. The molecule has 1 fully saturated rings. The second-order valence-electron chi connectivity index (χ2n) is 6.29. The Morgan fingerprint density at radius 2 is 2.08 bits per heavy atom. The molecule has 1 N–H and O–H groups in total. The Bertz CT molecular complexity index is 749. The van der Waals surface area contributed by atoms with Gasteiger partial charge in [-0.3, -0.25) is 9.59 Å². The Morgan fingerprint density at radius 1 is 1.38 bits per heavy atom. The number of anilines is 1. The summed E-state index contributed by atoms with van der Waals surface area (Å²) in [4.78, 5) is 34.0. The second-order valence-corrected chi connectivity index (χ2v) is 8.33. The maximum atomic E-state index is 12.7. The molecule has 0 radical (unpaired) electrons. The summed E-state index contributed by atoms with van der Waals surface area (Å²) >= 11 is 2.99. The molecule has 130 valence electrons. The molecule has 24 heavy (non-hydrogen) atoms. The monoisotopic (exact) mass is 367 g/mol. The van der Waals surface area contributed by atoms with Gasteiger partial charge in [0.1, 0.15) is 4.83 Å². The fourth-order valence-corrected chi connectivity index (χ4v) is 5.23. The van der Waals surface area contributed by atoms with Gasteiger partial charge in [-0.2, -0.15) is 0 Å². The number of carbonyl (C=O) groups is 2. The average Bonchev–Trinajstić information content (AvgIpc) is 3.21. The quantitative estimate of drug-likeness (QED) is 0.879. The number of amides is 1. The van der Waals surface area contributed by atoms with Crippen LogP contribution in [0.4, 0.5) is 5.13 Å². The van der Waals surface area contributed by atoms with Gasteiger partial charge in [-0.25, -0.2) is 4.98 Å². The van der Waals surface area contributed by atoms with E-state index in [0.29, 0.717) is 17.8 Å². The van der Waals surface area contributed by atoms with E-state index in [1.165, 1.54) is 11.3 Å². The zero-order valence-electron chi connectivity index (χ0n) is 14.0. The van der Waals surface area contributed by atoms with E-state index in [1.807, 2.05) is 6.07 Å². The predicted octanol–water partition coefficient (Wildman–Crippen LogP) is 3.14. The van der Waals surface area contributed by atoms with E-state index in [2.05, 4.69) is 23.7 Å². The number of nitrogens with zero attached hydrogens (tertiary/aromatic N) is 3. The van der Waals surface area contributed by atoms with Crippen LogP contribution in [0.5, 0.6) is 0 Å². The first-order valence-corrected chi connectivity index (χ1v) is 9.69. The smallest absolute Gasteiger partial charge is 0.311 e. The van der Waals surface area contributed by atoms with Crippen molar-refractivity contribution in [1.29, 1.82) is 0 Å². The lowest BCUT2D eigenvalue weighted by Crippen LogP contribution is -2.34. The largest absolute Gasteiger partial charge is 0.481 e. The summed E-state index contributed by atoms with van der Waals surface area (Å²) in [6.07, 6.45) is 0.498. The third kappa shape index (κ3) is 2.88. The Kier molecular flexibility index (Phi) is 4.52. The van der Waals surface area contributed by atoms with Gasteiger partial charge in [-0.05, 0) is 33.3 Å². The fourth-order valence-electron chi connectivity index (χ4n) is 2.92. The van der Waals surface area contributed by atoms with Crippen LogP contribution < -0.4 is 4.90 Å². The lowest BCUT2D eigenvalue weighted by Gasteiger charge is -2.19. The zero-order valence-corrected chi connectivity index (χ0v) is 15.7. The van der Waals surface area contributed by atoms with Gasteiger partial charge in [0.15, 0.2) is 5.13 Å². The van der Waals surface area contributed by atoms with Gasteiger partial charge in [0, 0.05) is 26.2 Å². The molecule has 1 amide bonds. The highest BCUT2D eigenvalue weighted by atomic mass is 32.1. The van der Waals surface area contributed by atoms with Gasteiger partial charge in [-0.15, -0.1) is 11.3 Å². The zero-order chi connectivity index (χ0) is 17.5. The number of hydrogen-bond donors (Lipinski definition) is 1. The molecular weight excluding hydrogens is 346 g/mol. The van der Waals surface area contributed by atoms with Crippen molar-refractivity contribution in [3.05, 3.63) is 10.9 Å². The van der Waals surface area contributed by atoms with Gasteiger partial charge in [0.25, 0.3) is 5.91 Å². The molecule has 1 unspecified atom stereocenters. The number of carboxylic acids is 1. The number of likely N-dealkylation sites (tertiary alicyclic amines) is 1. The van der Waals surface area contributed by atoms with Crippen molar-refractivity contribution < 1.29 is 14.7 Å². The predicted molar refractivity (Wildman–Crippen MR) is 97.3 cm³/mol. The van der Waals surface area contributed by atoms with E-state index in [0.717, 1.165) is 27.8 Å². The highest BCUT2D eigenvalue weighted by Gasteiger charge is 2.42. The molecule has 6 nitrogen and oxygen atoms in total. The molecule has 3 rings (SSSR count). The van der Waals surface area contributed by atoms with Crippen LogP contribution >= 0.6 is 22.7 Å². The molecule has 0 aromatic carbocycles. The number of thiophene rings is 1. The summed E-state index contributed by atoms with van der Waals surface area (Å²) in [5.74, 6) is -0.921. The molecule has 2 aromatic rings. The van der Waals surface area contributed by atoms with E-state index in [-0.39, 0.29) is 12.5 Å². The lowest BCUT2D eigenvalue weighted by molar-refractivity contribution is -0.147. The molecule has 8 heteroatoms. The molecule has 1 saturated heterocycles. The van der Waals surface area contributed by atoms with Crippen LogP contribution in [-0.4, -0.2) is 53.0 Å². The maximum absolute atomic E-state index is 12.7. The Labute approximate surface area is 148 Å². The van der Waals surface area contributed by atoms with Gasteiger partial charge in [0.2, 0.25) is 0 Å². The summed E-state index contributed by atoms with van der Waals surface area (Å²) in [5.41, 5.74) is -0.835. The number of aromatic nitrogens is 1. The normalized spacial score (nSPS) is 20.7. The lowest BCUT2D eigenvalue weighted by atomic mass is 9.90. The molecule has 2 aromatic heterocycles. The number of hydrogen-bond acceptors (Lipinski definition) is 6. The molecule has 0 aliphatic carbocycles. The van der Waals surface area contributed by atoms with Crippen molar-refractivity contribution in [3.8, 4) is 0 Å². The highest BCUT2D eigenvalue weighted by Crippen LogP contribution is 2.37. The molecule has 1 atom stereocenters. The molecule has 1 aliphatic heterocycles. The Balaban J connectivity index is 1.79. The molecular formula is C16H21N3O3S2. The minimum atomic E-state index is -0.838. The van der Waals surface area contributed by atoms with Crippen molar-refractivity contribution in [3.63, 3.8) is 0 Å². The van der Waals surface area contributed by atoms with E-state index < -0.39 is 11.4 Å². The number of thiazole rings is 1. The maximum Gasteiger partial charge on any atom is 0.311 e. The summed E-state index contributed by atoms with van der Waals surface area (Å²) in [6, 6.07) is 1.89. The number of fused-ring (bicyclic) bond motifs is 1. The van der Waals surface area contributed by atoms with Gasteiger partial charge in [-0.1, -0.05) is 11.3 Å². The van der Waals surface area contributed by atoms with Crippen LogP contribution in [-0.2, 0) is 4.79 Å². The number of aliphatic carboxylic acids is 1. The van der Waals surface area contributed by atoms with Crippen LogP contribution in [0.3, 0.4) is 0 Å². The van der Waals surface area contributed by atoms with Crippen molar-refractivity contribution in [2.24, 2.45) is 5.41 Å². The third-order valence-corrected chi connectivity index (χ3v) is 6.81. The molecule has 0 saturated carbocycles. The Hall–Kier alpha value is -1.67. The summed E-state index contributed by atoms with van der Waals surface area (Å²) in [5, 5.41) is 10.3. The molecule has 1 aliphatic rings.